The van der Waals surface area contributed by atoms with Crippen LogP contribution in [0.2, 0.25) is 5.02 Å². The standard InChI is InChI=1S/C9H12BClO2/c1-6(2)7-3-8(10(12)13)5-9(11)4-7/h3-6,12-13H,1-2H3. The molecule has 1 rings (SSSR count). The predicted octanol–water partition coefficient (Wildman–Crippen LogP) is 1.14. The first-order valence-electron chi connectivity index (χ1n) is 4.17. The predicted molar refractivity (Wildman–Crippen MR) is 55.4 cm³/mol. The van der Waals surface area contributed by atoms with E-state index in [4.69, 9.17) is 21.6 Å². The van der Waals surface area contributed by atoms with E-state index in [0.717, 1.165) is 5.56 Å². The van der Waals surface area contributed by atoms with Crippen molar-refractivity contribution in [3.05, 3.63) is 28.8 Å². The van der Waals surface area contributed by atoms with Crippen LogP contribution in [0, 0.1) is 0 Å². The van der Waals surface area contributed by atoms with Crippen LogP contribution in [0.25, 0.3) is 0 Å². The summed E-state index contributed by atoms with van der Waals surface area (Å²) < 4.78 is 0. The van der Waals surface area contributed by atoms with Crippen LogP contribution in [0.4, 0.5) is 0 Å². The highest BCUT2D eigenvalue weighted by Crippen LogP contribution is 2.17. The van der Waals surface area contributed by atoms with Gasteiger partial charge in [-0.2, -0.15) is 0 Å². The average Bonchev–Trinajstić information content (AvgIpc) is 2.03. The molecule has 2 nitrogen and oxygen atoms in total. The van der Waals surface area contributed by atoms with Gasteiger partial charge in [-0.1, -0.05) is 31.5 Å². The molecule has 0 atom stereocenters. The van der Waals surface area contributed by atoms with Crippen molar-refractivity contribution in [1.29, 1.82) is 0 Å². The number of halogens is 1. The minimum atomic E-state index is -1.45. The first-order chi connectivity index (χ1) is 6.00. The topological polar surface area (TPSA) is 40.5 Å². The van der Waals surface area contributed by atoms with Crippen molar-refractivity contribution >= 4 is 24.2 Å². The van der Waals surface area contributed by atoms with Crippen molar-refractivity contribution in [3.63, 3.8) is 0 Å². The molecule has 0 spiro atoms. The lowest BCUT2D eigenvalue weighted by molar-refractivity contribution is 0.425. The lowest BCUT2D eigenvalue weighted by Crippen LogP contribution is -2.30. The second kappa shape index (κ2) is 4.14. The maximum absolute atomic E-state index is 8.95. The van der Waals surface area contributed by atoms with Crippen molar-refractivity contribution < 1.29 is 10.0 Å². The molecule has 0 amide bonds. The summed E-state index contributed by atoms with van der Waals surface area (Å²) in [6, 6.07) is 5.14. The molecule has 0 saturated heterocycles. The Bertz CT molecular complexity index is 273. The van der Waals surface area contributed by atoms with Crippen molar-refractivity contribution in [2.75, 3.05) is 0 Å². The van der Waals surface area contributed by atoms with E-state index in [1.807, 2.05) is 19.9 Å². The Morgan fingerprint density at radius 1 is 1.23 bits per heavy atom. The van der Waals surface area contributed by atoms with E-state index in [-0.39, 0.29) is 0 Å². The summed E-state index contributed by atoms with van der Waals surface area (Å²) in [7, 11) is -1.45. The van der Waals surface area contributed by atoms with E-state index >= 15 is 0 Å². The van der Waals surface area contributed by atoms with Crippen LogP contribution in [0.5, 0.6) is 0 Å². The third-order valence-corrected chi connectivity index (χ3v) is 2.13. The van der Waals surface area contributed by atoms with E-state index in [9.17, 15) is 0 Å². The Morgan fingerprint density at radius 3 is 2.31 bits per heavy atom. The minimum Gasteiger partial charge on any atom is -0.423 e. The molecule has 1 aromatic rings. The molecule has 0 aliphatic heterocycles. The third-order valence-electron chi connectivity index (χ3n) is 1.91. The monoisotopic (exact) mass is 198 g/mol. The van der Waals surface area contributed by atoms with Gasteiger partial charge in [0.2, 0.25) is 0 Å². The molecule has 0 heterocycles. The molecular weight excluding hydrogens is 186 g/mol. The number of hydrogen-bond donors (Lipinski definition) is 2. The molecule has 0 aromatic heterocycles. The van der Waals surface area contributed by atoms with E-state index in [0.29, 0.717) is 16.4 Å². The lowest BCUT2D eigenvalue weighted by atomic mass is 9.79. The van der Waals surface area contributed by atoms with E-state index in [1.165, 1.54) is 0 Å². The van der Waals surface area contributed by atoms with Gasteiger partial charge in [-0.15, -0.1) is 0 Å². The summed E-state index contributed by atoms with van der Waals surface area (Å²) in [5.41, 5.74) is 1.45. The Hall–Kier alpha value is -0.505. The molecule has 0 unspecified atom stereocenters. The molecule has 13 heavy (non-hydrogen) atoms. The van der Waals surface area contributed by atoms with Crippen LogP contribution in [-0.4, -0.2) is 17.2 Å². The minimum absolute atomic E-state index is 0.330. The number of hydrogen-bond acceptors (Lipinski definition) is 2. The van der Waals surface area contributed by atoms with Gasteiger partial charge < -0.3 is 10.0 Å². The largest absolute Gasteiger partial charge is 0.488 e. The molecule has 0 bridgehead atoms. The summed E-state index contributed by atoms with van der Waals surface area (Å²) in [6.45, 7) is 4.05. The summed E-state index contributed by atoms with van der Waals surface area (Å²) >= 11 is 5.82. The SMILES string of the molecule is CC(C)c1cc(Cl)cc(B(O)O)c1. The van der Waals surface area contributed by atoms with E-state index in [2.05, 4.69) is 0 Å². The lowest BCUT2D eigenvalue weighted by Gasteiger charge is -2.08. The van der Waals surface area contributed by atoms with Gasteiger partial charge in [-0.25, -0.2) is 0 Å². The van der Waals surface area contributed by atoms with Crippen molar-refractivity contribution in [3.8, 4) is 0 Å². The van der Waals surface area contributed by atoms with Gasteiger partial charge in [0.1, 0.15) is 0 Å². The van der Waals surface area contributed by atoms with Crippen LogP contribution in [0.1, 0.15) is 25.3 Å². The zero-order valence-corrected chi connectivity index (χ0v) is 8.42. The summed E-state index contributed by atoms with van der Waals surface area (Å²) in [4.78, 5) is 0. The Morgan fingerprint density at radius 2 is 1.85 bits per heavy atom. The van der Waals surface area contributed by atoms with Crippen molar-refractivity contribution in [1.82, 2.24) is 0 Å². The van der Waals surface area contributed by atoms with Crippen LogP contribution >= 0.6 is 11.6 Å². The Kier molecular flexibility index (Phi) is 3.36. The molecule has 0 radical (unpaired) electrons. The second-order valence-electron chi connectivity index (χ2n) is 3.35. The zero-order chi connectivity index (χ0) is 10.0. The van der Waals surface area contributed by atoms with Gasteiger partial charge in [-0.05, 0) is 29.1 Å². The Balaban J connectivity index is 3.11. The van der Waals surface area contributed by atoms with Gasteiger partial charge in [0, 0.05) is 5.02 Å². The second-order valence-corrected chi connectivity index (χ2v) is 3.78. The maximum atomic E-state index is 8.95. The first-order valence-corrected chi connectivity index (χ1v) is 4.55. The highest BCUT2D eigenvalue weighted by atomic mass is 35.5. The zero-order valence-electron chi connectivity index (χ0n) is 7.66. The van der Waals surface area contributed by atoms with E-state index in [1.54, 1.807) is 12.1 Å². The first kappa shape index (κ1) is 10.6. The average molecular weight is 198 g/mol. The third kappa shape index (κ3) is 2.73. The molecule has 0 fully saturated rings. The van der Waals surface area contributed by atoms with Crippen molar-refractivity contribution in [2.24, 2.45) is 0 Å². The van der Waals surface area contributed by atoms with Crippen LogP contribution in [-0.2, 0) is 0 Å². The maximum Gasteiger partial charge on any atom is 0.488 e. The molecule has 0 saturated carbocycles. The summed E-state index contributed by atoms with van der Waals surface area (Å²) in [5.74, 6) is 0.330. The number of rotatable bonds is 2. The fraction of sp³-hybridized carbons (Fsp3) is 0.333. The Labute approximate surface area is 83.3 Å². The molecule has 2 N–H and O–H groups in total. The van der Waals surface area contributed by atoms with Crippen LogP contribution < -0.4 is 5.46 Å². The van der Waals surface area contributed by atoms with Gasteiger partial charge >= 0.3 is 7.12 Å². The highest BCUT2D eigenvalue weighted by Gasteiger charge is 2.13. The van der Waals surface area contributed by atoms with Gasteiger partial charge in [0.15, 0.2) is 0 Å². The smallest absolute Gasteiger partial charge is 0.423 e. The van der Waals surface area contributed by atoms with E-state index < -0.39 is 7.12 Å². The van der Waals surface area contributed by atoms with Crippen molar-refractivity contribution in [2.45, 2.75) is 19.8 Å². The normalized spacial score (nSPS) is 10.6. The number of benzene rings is 1. The molecule has 4 heteroatoms. The summed E-state index contributed by atoms with van der Waals surface area (Å²) in [5, 5.41) is 18.4. The van der Waals surface area contributed by atoms with Crippen LogP contribution in [0.15, 0.2) is 18.2 Å². The molecule has 0 aliphatic rings. The fourth-order valence-corrected chi connectivity index (χ4v) is 1.37. The van der Waals surface area contributed by atoms with Gasteiger partial charge in [0.05, 0.1) is 0 Å². The quantitative estimate of drug-likeness (QED) is 0.700. The summed E-state index contributed by atoms with van der Waals surface area (Å²) in [6.07, 6.45) is 0. The highest BCUT2D eigenvalue weighted by molar-refractivity contribution is 6.59. The fourth-order valence-electron chi connectivity index (χ4n) is 1.12. The molecule has 1 aromatic carbocycles. The van der Waals surface area contributed by atoms with Gasteiger partial charge in [-0.3, -0.25) is 0 Å². The molecule has 0 aliphatic carbocycles. The van der Waals surface area contributed by atoms with Gasteiger partial charge in [0.25, 0.3) is 0 Å². The molecule has 70 valence electrons. The molecular formula is C9H12BClO2. The van der Waals surface area contributed by atoms with Crippen LogP contribution in [0.3, 0.4) is 0 Å².